The monoisotopic (exact) mass is 718 g/mol. The summed E-state index contributed by atoms with van der Waals surface area (Å²) in [5, 5.41) is 8.65. The molecule has 0 amide bonds. The van der Waals surface area contributed by atoms with Crippen molar-refractivity contribution in [2.24, 2.45) is 0 Å². The van der Waals surface area contributed by atoms with E-state index in [1.54, 1.807) is 0 Å². The lowest BCUT2D eigenvalue weighted by Crippen LogP contribution is -1.99. The van der Waals surface area contributed by atoms with E-state index in [1.165, 1.54) is 58.3 Å². The second kappa shape index (κ2) is 11.7. The Morgan fingerprint density at radius 2 is 0.982 bits per heavy atom. The van der Waals surface area contributed by atoms with Crippen molar-refractivity contribution < 1.29 is 0 Å². The minimum absolute atomic E-state index is 0.722. The van der Waals surface area contributed by atoms with Crippen LogP contribution in [0.3, 0.4) is 0 Å². The fourth-order valence-corrected chi connectivity index (χ4v) is 10.0. The standard InChI is InChI=1S/C50H30N4S/c1-4-16-31(17-5-1)46-38-30-34(28-29-39(38)51-50(52-46)32-18-6-2-7-19-32)54-41-26-14-11-23-36(41)45-47-43(44-37-24-12-15-27-42(37)55-49(44)48(45)54)35-22-10-13-25-40(35)53(47)33-20-8-3-9-21-33/h1-30H. The lowest BCUT2D eigenvalue weighted by Gasteiger charge is -2.14. The Hall–Kier alpha value is -7.08. The van der Waals surface area contributed by atoms with Gasteiger partial charge in [-0.25, -0.2) is 9.97 Å². The summed E-state index contributed by atoms with van der Waals surface area (Å²) in [6.07, 6.45) is 0. The summed E-state index contributed by atoms with van der Waals surface area (Å²) in [6, 6.07) is 65.0. The summed E-state index contributed by atoms with van der Waals surface area (Å²) in [7, 11) is 0. The van der Waals surface area contributed by atoms with Gasteiger partial charge in [0.15, 0.2) is 5.82 Å². The molecule has 0 radical (unpaired) electrons. The predicted octanol–water partition coefficient (Wildman–Crippen LogP) is 13.5. The molecule has 12 aromatic rings. The molecule has 0 unspecified atom stereocenters. The highest BCUT2D eigenvalue weighted by atomic mass is 32.1. The van der Waals surface area contributed by atoms with Crippen LogP contribution in [0.1, 0.15) is 0 Å². The quantitative estimate of drug-likeness (QED) is 0.182. The number of para-hydroxylation sites is 3. The minimum Gasteiger partial charge on any atom is -0.309 e. The van der Waals surface area contributed by atoms with Crippen LogP contribution in [0.25, 0.3) is 109 Å². The van der Waals surface area contributed by atoms with Crippen molar-refractivity contribution in [1.29, 1.82) is 0 Å². The van der Waals surface area contributed by atoms with E-state index in [1.807, 2.05) is 29.5 Å². The molecule has 5 heteroatoms. The van der Waals surface area contributed by atoms with Gasteiger partial charge in [-0.2, -0.15) is 0 Å². The molecular formula is C50H30N4S. The van der Waals surface area contributed by atoms with Crippen molar-refractivity contribution in [3.05, 3.63) is 182 Å². The van der Waals surface area contributed by atoms with Gasteiger partial charge in [0.25, 0.3) is 0 Å². The molecule has 0 atom stereocenters. The van der Waals surface area contributed by atoms with Gasteiger partial charge < -0.3 is 9.13 Å². The number of hydrogen-bond donors (Lipinski definition) is 0. The third-order valence-corrected chi connectivity index (χ3v) is 12.3. The Balaban J connectivity index is 1.28. The van der Waals surface area contributed by atoms with Gasteiger partial charge in [-0.05, 0) is 48.5 Å². The molecule has 256 valence electrons. The Kier molecular flexibility index (Phi) is 6.47. The van der Waals surface area contributed by atoms with Crippen molar-refractivity contribution in [3.63, 3.8) is 0 Å². The Morgan fingerprint density at radius 3 is 1.71 bits per heavy atom. The number of hydrogen-bond acceptors (Lipinski definition) is 3. The Labute approximate surface area is 319 Å². The molecule has 0 saturated heterocycles. The zero-order valence-corrected chi connectivity index (χ0v) is 30.3. The van der Waals surface area contributed by atoms with Gasteiger partial charge in [-0.15, -0.1) is 11.3 Å². The zero-order valence-electron chi connectivity index (χ0n) is 29.5. The van der Waals surface area contributed by atoms with Crippen molar-refractivity contribution in [3.8, 4) is 34.0 Å². The van der Waals surface area contributed by atoms with Crippen LogP contribution in [-0.2, 0) is 0 Å². The van der Waals surface area contributed by atoms with Crippen LogP contribution in [0.15, 0.2) is 182 Å². The van der Waals surface area contributed by atoms with Crippen LogP contribution in [0, 0.1) is 0 Å². The summed E-state index contributed by atoms with van der Waals surface area (Å²) in [6.45, 7) is 0. The number of fused-ring (bicyclic) bond motifs is 13. The summed E-state index contributed by atoms with van der Waals surface area (Å²) < 4.78 is 7.55. The van der Waals surface area contributed by atoms with Gasteiger partial charge in [-0.3, -0.25) is 0 Å². The molecule has 0 spiro atoms. The maximum Gasteiger partial charge on any atom is 0.160 e. The van der Waals surface area contributed by atoms with E-state index in [0.29, 0.717) is 0 Å². The zero-order chi connectivity index (χ0) is 36.0. The molecule has 0 aliphatic rings. The Morgan fingerprint density at radius 1 is 0.400 bits per heavy atom. The number of nitrogens with zero attached hydrogens (tertiary/aromatic N) is 4. The molecule has 0 aliphatic heterocycles. The van der Waals surface area contributed by atoms with Gasteiger partial charge in [0.05, 0.1) is 38.0 Å². The summed E-state index contributed by atoms with van der Waals surface area (Å²) in [5.74, 6) is 0.722. The molecule has 4 heterocycles. The minimum atomic E-state index is 0.722. The number of benzene rings is 8. The fourth-order valence-electron chi connectivity index (χ4n) is 8.79. The number of rotatable bonds is 4. The first-order valence-corrected chi connectivity index (χ1v) is 19.4. The van der Waals surface area contributed by atoms with Crippen LogP contribution >= 0.6 is 11.3 Å². The smallest absolute Gasteiger partial charge is 0.160 e. The number of aromatic nitrogens is 4. The highest BCUT2D eigenvalue weighted by molar-refractivity contribution is 7.27. The van der Waals surface area contributed by atoms with E-state index in [-0.39, 0.29) is 0 Å². The molecule has 0 N–H and O–H groups in total. The first kappa shape index (κ1) is 30.4. The maximum atomic E-state index is 5.26. The largest absolute Gasteiger partial charge is 0.309 e. The Bertz CT molecular complexity index is 3470. The predicted molar refractivity (Wildman–Crippen MR) is 232 cm³/mol. The van der Waals surface area contributed by atoms with Crippen molar-refractivity contribution in [2.45, 2.75) is 0 Å². The highest BCUT2D eigenvalue weighted by Crippen LogP contribution is 2.51. The molecule has 55 heavy (non-hydrogen) atoms. The van der Waals surface area contributed by atoms with Crippen LogP contribution < -0.4 is 0 Å². The third kappa shape index (κ3) is 4.39. The summed E-state index contributed by atoms with van der Waals surface area (Å²) in [5.41, 5.74) is 10.9. The van der Waals surface area contributed by atoms with Crippen LogP contribution in [-0.4, -0.2) is 19.1 Å². The van der Waals surface area contributed by atoms with Crippen LogP contribution in [0.2, 0.25) is 0 Å². The topological polar surface area (TPSA) is 35.6 Å². The number of thiophene rings is 1. The van der Waals surface area contributed by atoms with Gasteiger partial charge in [0.2, 0.25) is 0 Å². The molecule has 0 bridgehead atoms. The van der Waals surface area contributed by atoms with Gasteiger partial charge >= 0.3 is 0 Å². The van der Waals surface area contributed by atoms with Gasteiger partial charge in [0.1, 0.15) is 0 Å². The van der Waals surface area contributed by atoms with Gasteiger partial charge in [0, 0.05) is 64.9 Å². The molecule has 8 aromatic carbocycles. The second-order valence-corrected chi connectivity index (χ2v) is 15.2. The van der Waals surface area contributed by atoms with E-state index in [2.05, 4.69) is 173 Å². The van der Waals surface area contributed by atoms with Crippen LogP contribution in [0.4, 0.5) is 0 Å². The lowest BCUT2D eigenvalue weighted by molar-refractivity contribution is 1.18. The first-order valence-electron chi connectivity index (χ1n) is 18.6. The molecule has 0 aliphatic carbocycles. The highest BCUT2D eigenvalue weighted by Gasteiger charge is 2.27. The van der Waals surface area contributed by atoms with Gasteiger partial charge in [-0.1, -0.05) is 133 Å². The van der Waals surface area contributed by atoms with E-state index in [9.17, 15) is 0 Å². The van der Waals surface area contributed by atoms with E-state index in [0.717, 1.165) is 50.4 Å². The summed E-state index contributed by atoms with van der Waals surface area (Å²) in [4.78, 5) is 10.4. The third-order valence-electron chi connectivity index (χ3n) is 11.1. The van der Waals surface area contributed by atoms with E-state index in [4.69, 9.17) is 9.97 Å². The lowest BCUT2D eigenvalue weighted by atomic mass is 10.0. The van der Waals surface area contributed by atoms with Crippen molar-refractivity contribution >= 4 is 86.0 Å². The normalized spacial score (nSPS) is 12.0. The molecule has 4 aromatic heterocycles. The van der Waals surface area contributed by atoms with E-state index >= 15 is 0 Å². The molecule has 12 rings (SSSR count). The molecule has 0 fully saturated rings. The molecule has 4 nitrogen and oxygen atoms in total. The van der Waals surface area contributed by atoms with Crippen molar-refractivity contribution in [2.75, 3.05) is 0 Å². The second-order valence-electron chi connectivity index (χ2n) is 14.1. The first-order chi connectivity index (χ1) is 27.3. The SMILES string of the molecule is c1ccc(-c2nc(-c3ccccc3)c3cc(-n4c5ccccc5c5c4c4sc6ccccc6c4c4c6ccccc6n(-c6ccccc6)c45)ccc3n2)cc1. The van der Waals surface area contributed by atoms with E-state index < -0.39 is 0 Å². The average Bonchev–Trinajstić information content (AvgIpc) is 3.92. The average molecular weight is 719 g/mol. The fraction of sp³-hybridized carbons (Fsp3) is 0. The maximum absolute atomic E-state index is 5.26. The van der Waals surface area contributed by atoms with Crippen LogP contribution in [0.5, 0.6) is 0 Å². The summed E-state index contributed by atoms with van der Waals surface area (Å²) >= 11 is 1.89. The molecule has 0 saturated carbocycles. The van der Waals surface area contributed by atoms with Crippen molar-refractivity contribution in [1.82, 2.24) is 19.1 Å². The molecular weight excluding hydrogens is 689 g/mol.